The summed E-state index contributed by atoms with van der Waals surface area (Å²) in [6.07, 6.45) is 0. The van der Waals surface area contributed by atoms with E-state index in [2.05, 4.69) is 66.3 Å². The first kappa shape index (κ1) is 22.9. The lowest BCUT2D eigenvalue weighted by Crippen LogP contribution is -2.67. The summed E-state index contributed by atoms with van der Waals surface area (Å²) in [6, 6.07) is 24.7. The molecule has 1 atom stereocenters. The van der Waals surface area contributed by atoms with Crippen molar-refractivity contribution in [3.8, 4) is 0 Å². The molecule has 0 aliphatic carbocycles. The number of hydrogen-bond acceptors (Lipinski definition) is 3. The van der Waals surface area contributed by atoms with Crippen LogP contribution in [-0.4, -0.2) is 20.8 Å². The van der Waals surface area contributed by atoms with Gasteiger partial charge in [0.25, 0.3) is 8.32 Å². The highest BCUT2D eigenvalue weighted by Gasteiger charge is 2.50. The highest BCUT2D eigenvalue weighted by Crippen LogP contribution is 2.36. The lowest BCUT2D eigenvalue weighted by Gasteiger charge is -2.42. The number of thiophene rings is 1. The molecule has 0 fully saturated rings. The molecule has 1 N–H and O–H groups in total. The normalized spacial score (nSPS) is 13.1. The van der Waals surface area contributed by atoms with Crippen LogP contribution in [0.15, 0.2) is 76.6 Å². The average molecular weight is 503 g/mol. The molecule has 1 heterocycles. The van der Waals surface area contributed by atoms with Crippen molar-refractivity contribution in [2.45, 2.75) is 38.8 Å². The van der Waals surface area contributed by atoms with Gasteiger partial charge in [-0.3, -0.25) is 4.79 Å². The molecule has 0 radical (unpaired) electrons. The summed E-state index contributed by atoms with van der Waals surface area (Å²) in [6.45, 7) is 8.66. The fourth-order valence-corrected chi connectivity index (χ4v) is 9.78. The van der Waals surface area contributed by atoms with Gasteiger partial charge in [-0.05, 0) is 50.4 Å². The summed E-state index contributed by atoms with van der Waals surface area (Å²) in [5, 5.41) is 5.28. The Hall–Kier alpha value is -1.73. The van der Waals surface area contributed by atoms with Crippen molar-refractivity contribution in [2.75, 3.05) is 6.61 Å². The number of hydrogen-bond donors (Lipinski definition) is 1. The first-order valence-electron chi connectivity index (χ1n) is 10.0. The molecule has 2 aromatic carbocycles. The SMILES string of the molecule is CC(NC(=O)CO[Si](c1ccccc1)(c1ccccc1)C(C)(C)C)c1ccc(Br)s1. The van der Waals surface area contributed by atoms with Crippen LogP contribution in [0.5, 0.6) is 0 Å². The molecule has 0 saturated carbocycles. The molecule has 158 valence electrons. The second-order valence-corrected chi connectivity index (χ2v) is 15.2. The van der Waals surface area contributed by atoms with E-state index in [4.69, 9.17) is 4.43 Å². The van der Waals surface area contributed by atoms with Gasteiger partial charge in [0.05, 0.1) is 9.83 Å². The van der Waals surface area contributed by atoms with Crippen molar-refractivity contribution in [1.82, 2.24) is 5.32 Å². The number of rotatable bonds is 7. The van der Waals surface area contributed by atoms with Gasteiger partial charge in [0, 0.05) is 4.88 Å². The molecule has 0 bridgehead atoms. The Morgan fingerprint density at radius 2 is 1.53 bits per heavy atom. The molecule has 3 nitrogen and oxygen atoms in total. The van der Waals surface area contributed by atoms with Gasteiger partial charge >= 0.3 is 0 Å². The molecular formula is C24H28BrNO2SSi. The second-order valence-electron chi connectivity index (χ2n) is 8.38. The highest BCUT2D eigenvalue weighted by molar-refractivity contribution is 9.11. The maximum absolute atomic E-state index is 12.8. The number of amides is 1. The van der Waals surface area contributed by atoms with Crippen LogP contribution in [0.25, 0.3) is 0 Å². The maximum atomic E-state index is 12.8. The van der Waals surface area contributed by atoms with Crippen molar-refractivity contribution in [1.29, 1.82) is 0 Å². The molecule has 0 spiro atoms. The van der Waals surface area contributed by atoms with Crippen LogP contribution in [0.3, 0.4) is 0 Å². The van der Waals surface area contributed by atoms with Crippen LogP contribution in [0.4, 0.5) is 0 Å². The lowest BCUT2D eigenvalue weighted by molar-refractivity contribution is -0.123. The van der Waals surface area contributed by atoms with E-state index in [1.54, 1.807) is 11.3 Å². The average Bonchev–Trinajstić information content (AvgIpc) is 3.15. The number of carbonyl (C=O) groups is 1. The smallest absolute Gasteiger partial charge is 0.261 e. The maximum Gasteiger partial charge on any atom is 0.261 e. The van der Waals surface area contributed by atoms with Gasteiger partial charge in [-0.25, -0.2) is 0 Å². The first-order valence-corrected chi connectivity index (χ1v) is 13.6. The van der Waals surface area contributed by atoms with Gasteiger partial charge < -0.3 is 9.74 Å². The molecule has 3 rings (SSSR count). The predicted octanol–water partition coefficient (Wildman–Crippen LogP) is 5.26. The molecule has 1 unspecified atom stereocenters. The fourth-order valence-electron chi connectivity index (χ4n) is 3.85. The van der Waals surface area contributed by atoms with Gasteiger partial charge in [0.1, 0.15) is 6.61 Å². The Morgan fingerprint density at radius 3 is 1.97 bits per heavy atom. The zero-order valence-electron chi connectivity index (χ0n) is 17.8. The number of nitrogens with one attached hydrogen (secondary N) is 1. The number of carbonyl (C=O) groups excluding carboxylic acids is 1. The third-order valence-corrected chi connectivity index (χ3v) is 12.0. The van der Waals surface area contributed by atoms with E-state index in [9.17, 15) is 4.79 Å². The van der Waals surface area contributed by atoms with Gasteiger partial charge in [-0.15, -0.1) is 11.3 Å². The number of benzene rings is 2. The fraction of sp³-hybridized carbons (Fsp3) is 0.292. The van der Waals surface area contributed by atoms with Crippen molar-refractivity contribution in [3.63, 3.8) is 0 Å². The van der Waals surface area contributed by atoms with Crippen LogP contribution in [0, 0.1) is 0 Å². The summed E-state index contributed by atoms with van der Waals surface area (Å²) in [4.78, 5) is 14.0. The predicted molar refractivity (Wildman–Crippen MR) is 132 cm³/mol. The monoisotopic (exact) mass is 501 g/mol. The van der Waals surface area contributed by atoms with Crippen LogP contribution in [0.2, 0.25) is 5.04 Å². The molecule has 0 aliphatic heterocycles. The van der Waals surface area contributed by atoms with E-state index in [1.165, 1.54) is 10.4 Å². The Balaban J connectivity index is 1.89. The summed E-state index contributed by atoms with van der Waals surface area (Å²) < 4.78 is 7.75. The van der Waals surface area contributed by atoms with E-state index in [0.29, 0.717) is 0 Å². The van der Waals surface area contributed by atoms with Crippen molar-refractivity contribution < 1.29 is 9.22 Å². The van der Waals surface area contributed by atoms with Gasteiger partial charge in [-0.1, -0.05) is 81.4 Å². The summed E-state index contributed by atoms with van der Waals surface area (Å²) in [5.74, 6) is -0.0972. The van der Waals surface area contributed by atoms with Crippen LogP contribution < -0.4 is 15.7 Å². The molecule has 1 aromatic heterocycles. The Morgan fingerprint density at radius 1 is 1.00 bits per heavy atom. The molecule has 3 aromatic rings. The standard InChI is InChI=1S/C24H28BrNO2SSi/c1-18(21-15-16-22(25)29-21)26-23(27)17-28-30(24(2,3)4,19-11-7-5-8-12-19)20-13-9-6-10-14-20/h5-16,18H,17H2,1-4H3,(H,26,27). The van der Waals surface area contributed by atoms with E-state index in [-0.39, 0.29) is 23.6 Å². The van der Waals surface area contributed by atoms with Gasteiger partial charge in [-0.2, -0.15) is 0 Å². The van der Waals surface area contributed by atoms with E-state index in [0.717, 1.165) is 8.66 Å². The summed E-state index contributed by atoms with van der Waals surface area (Å²) in [7, 11) is -2.70. The lowest BCUT2D eigenvalue weighted by atomic mass is 10.2. The first-order chi connectivity index (χ1) is 14.2. The van der Waals surface area contributed by atoms with E-state index < -0.39 is 8.32 Å². The van der Waals surface area contributed by atoms with E-state index in [1.807, 2.05) is 55.5 Å². The Labute approximate surface area is 192 Å². The Bertz CT molecular complexity index is 930. The molecule has 6 heteroatoms. The quantitative estimate of drug-likeness (QED) is 0.448. The van der Waals surface area contributed by atoms with E-state index >= 15 is 0 Å². The zero-order valence-corrected chi connectivity index (χ0v) is 21.2. The molecule has 1 amide bonds. The van der Waals surface area contributed by atoms with Crippen molar-refractivity contribution >= 4 is 51.9 Å². The zero-order chi connectivity index (χ0) is 21.8. The molecule has 0 saturated heterocycles. The molecule has 0 aliphatic rings. The van der Waals surface area contributed by atoms with Crippen molar-refractivity contribution in [3.05, 3.63) is 81.5 Å². The van der Waals surface area contributed by atoms with Gasteiger partial charge in [0.2, 0.25) is 5.91 Å². The van der Waals surface area contributed by atoms with Crippen LogP contribution in [-0.2, 0) is 9.22 Å². The highest BCUT2D eigenvalue weighted by atomic mass is 79.9. The summed E-state index contributed by atoms with van der Waals surface area (Å²) in [5.41, 5.74) is 0. The minimum atomic E-state index is -2.70. The van der Waals surface area contributed by atoms with Crippen LogP contribution >= 0.6 is 27.3 Å². The topological polar surface area (TPSA) is 38.3 Å². The largest absolute Gasteiger partial charge is 0.398 e. The van der Waals surface area contributed by atoms with Crippen molar-refractivity contribution in [2.24, 2.45) is 0 Å². The third kappa shape index (κ3) is 4.94. The third-order valence-electron chi connectivity index (χ3n) is 5.23. The second kappa shape index (κ2) is 9.60. The Kier molecular flexibility index (Phi) is 7.34. The van der Waals surface area contributed by atoms with Gasteiger partial charge in [0.15, 0.2) is 0 Å². The minimum absolute atomic E-state index is 0.0319. The minimum Gasteiger partial charge on any atom is -0.398 e. The molecular weight excluding hydrogens is 474 g/mol. The summed E-state index contributed by atoms with van der Waals surface area (Å²) >= 11 is 5.11. The van der Waals surface area contributed by atoms with Crippen LogP contribution in [0.1, 0.15) is 38.6 Å². The number of halogens is 1. The molecule has 30 heavy (non-hydrogen) atoms.